The van der Waals surface area contributed by atoms with Crippen LogP contribution >= 0.6 is 11.8 Å². The van der Waals surface area contributed by atoms with E-state index in [0.29, 0.717) is 95.3 Å². The predicted molar refractivity (Wildman–Crippen MR) is 355 cm³/mol. The molecule has 1 N–H and O–H groups in total. The van der Waals surface area contributed by atoms with Crippen LogP contribution in [0.15, 0.2) is 72.9 Å². The van der Waals surface area contributed by atoms with Gasteiger partial charge >= 0.3 is 41.8 Å². The largest absolute Gasteiger partial charge is 0.463 e. The lowest BCUT2D eigenvalue weighted by Gasteiger charge is -2.61. The van der Waals surface area contributed by atoms with Crippen molar-refractivity contribution in [3.63, 3.8) is 0 Å². The molecule has 0 aromatic carbocycles. The molecule has 15 fully saturated rings. The summed E-state index contributed by atoms with van der Waals surface area (Å²) in [7, 11) is 0. The number of carbonyl (C=O) groups excluding carboxylic acids is 7. The van der Waals surface area contributed by atoms with E-state index >= 15 is 0 Å². The Morgan fingerprint density at radius 3 is 1.37 bits per heavy atom. The van der Waals surface area contributed by atoms with Crippen molar-refractivity contribution in [3.8, 4) is 0 Å². The van der Waals surface area contributed by atoms with Crippen LogP contribution in [0.3, 0.4) is 0 Å². The number of thioether (sulfide) groups is 1. The topological polar surface area (TPSA) is 214 Å². The van der Waals surface area contributed by atoms with Crippen molar-refractivity contribution in [2.75, 3.05) is 24.7 Å². The molecule has 4 unspecified atom stereocenters. The molecule has 0 amide bonds. The molecule has 2 aliphatic heterocycles. The van der Waals surface area contributed by atoms with E-state index in [2.05, 4.69) is 71.9 Å². The Hall–Kier alpha value is -5.00. The van der Waals surface area contributed by atoms with Gasteiger partial charge in [-0.3, -0.25) is 0 Å². The minimum atomic E-state index is -0.728. The van der Waals surface area contributed by atoms with Crippen LogP contribution in [0.4, 0.5) is 0 Å². The molecule has 15 rings (SSSR count). The van der Waals surface area contributed by atoms with E-state index < -0.39 is 29.2 Å². The highest BCUT2D eigenvalue weighted by Gasteiger charge is 2.62. The summed E-state index contributed by atoms with van der Waals surface area (Å²) in [6.07, 6.45) is 25.5. The molecule has 13 saturated carbocycles. The zero-order valence-electron chi connectivity index (χ0n) is 57.5. The summed E-state index contributed by atoms with van der Waals surface area (Å²) < 4.78 is 42.9. The highest BCUT2D eigenvalue weighted by Crippen LogP contribution is 2.63. The fraction of sp³-hybridized carbons (Fsp3) is 0.747. The molecule has 17 heteroatoms. The number of hydrogen-bond acceptors (Lipinski definition) is 17. The molecule has 92 heavy (non-hydrogen) atoms. The lowest BCUT2D eigenvalue weighted by Crippen LogP contribution is -2.62. The molecule has 2 saturated heterocycles. The van der Waals surface area contributed by atoms with E-state index in [1.165, 1.54) is 96.8 Å². The van der Waals surface area contributed by atoms with Crippen LogP contribution in [0.25, 0.3) is 0 Å². The Morgan fingerprint density at radius 1 is 0.533 bits per heavy atom. The summed E-state index contributed by atoms with van der Waals surface area (Å²) in [5.74, 6) is 6.95. The van der Waals surface area contributed by atoms with Gasteiger partial charge in [0.15, 0.2) is 0 Å². The molecule has 0 aromatic heterocycles. The minimum Gasteiger partial charge on any atom is -0.463 e. The van der Waals surface area contributed by atoms with E-state index in [4.69, 9.17) is 33.2 Å². The molecule has 0 spiro atoms. The summed E-state index contributed by atoms with van der Waals surface area (Å²) in [4.78, 5) is 80.0. The van der Waals surface area contributed by atoms with Crippen LogP contribution in [0, 0.1) is 65.1 Å². The van der Waals surface area contributed by atoms with Gasteiger partial charge in [-0.1, -0.05) is 73.6 Å². The summed E-state index contributed by atoms with van der Waals surface area (Å²) in [6.45, 7) is 41.4. The number of ether oxygens (including phenoxy) is 8. The average molecular weight is 1300 g/mol. The summed E-state index contributed by atoms with van der Waals surface area (Å²) in [5, 5.41) is 10.5. The number of esters is 7. The summed E-state index contributed by atoms with van der Waals surface area (Å²) in [5.41, 5.74) is 1.21. The zero-order valence-corrected chi connectivity index (χ0v) is 58.3. The second-order valence-electron chi connectivity index (χ2n) is 30.3. The van der Waals surface area contributed by atoms with Crippen molar-refractivity contribution >= 4 is 53.5 Å². The molecule has 12 bridgehead atoms. The van der Waals surface area contributed by atoms with Gasteiger partial charge in [-0.2, -0.15) is 11.8 Å². The Kier molecular flexibility index (Phi) is 25.6. The standard InChI is InChI=1S/C17H26O2.C16H24O2.C14H20O3.C12H20O2.C8H10O4.C8H12O3S/c1-10(2)16(18)19-17(11(3)4)14-6-12-5-13(8-14)9-15(17)7-12;1-4-16(18-15(17)10(2)3)13-6-11-5-12(8-13)9-14(16)7-11;1-9(2)12(15)17-14-6-10-3-11(7-14)5-13(16,4-10)8-14;1-4-12(8-6-5-7-9-12)14-11(13)10(2)3;1-5(2)7(9)12-6-3-4-11-8(6)10;1-6(2)8(9)11-7-5-12-4-3-10-7/h11-15H,1,5-9H2,2-4H3;11-14H,2,4-9H2,1,3H3;10-11,16H,1,3-8H2,2H3;2,4-9H2,1,3H3;6H,1,3-4H2,2H3;7H,1,3-5H2,2H3. The van der Waals surface area contributed by atoms with Crippen molar-refractivity contribution in [2.24, 2.45) is 65.1 Å². The van der Waals surface area contributed by atoms with Gasteiger partial charge in [0.25, 0.3) is 0 Å². The lowest BCUT2D eigenvalue weighted by molar-refractivity contribution is -0.221. The zero-order chi connectivity index (χ0) is 67.7. The normalized spacial score (nSPS) is 35.4. The van der Waals surface area contributed by atoms with Crippen LogP contribution in [0.1, 0.15) is 223 Å². The third-order valence-electron chi connectivity index (χ3n) is 22.2. The maximum atomic E-state index is 12.1. The van der Waals surface area contributed by atoms with Crippen LogP contribution in [0.2, 0.25) is 0 Å². The molecule has 4 atom stereocenters. The number of carbonyl (C=O) groups is 7. The van der Waals surface area contributed by atoms with Crippen molar-refractivity contribution in [2.45, 2.75) is 264 Å². The second kappa shape index (κ2) is 31.7. The summed E-state index contributed by atoms with van der Waals surface area (Å²) in [6, 6.07) is 0. The fourth-order valence-corrected chi connectivity index (χ4v) is 19.3. The van der Waals surface area contributed by atoms with E-state index in [1.54, 1.807) is 46.4 Å². The van der Waals surface area contributed by atoms with Gasteiger partial charge < -0.3 is 43.0 Å². The van der Waals surface area contributed by atoms with E-state index in [1.807, 2.05) is 0 Å². The third kappa shape index (κ3) is 18.3. The SMILES string of the molecule is C=C(C)C(=O)OC1(C(C)C)C2CC3CC(C2)CC1C3.C=C(C)C(=O)OC1(CC)C2CC3CC(C2)CC1C3.C=C(C)C(=O)OC1(CC)CCCCC1.C=C(C)C(=O)OC12CC3CC(CC(O)(C3)C1)C2.C=C(C)C(=O)OC1CCOC1=O.C=C(C)C(=O)OC1CSCCO1. The highest BCUT2D eigenvalue weighted by molar-refractivity contribution is 7.99. The van der Waals surface area contributed by atoms with Gasteiger partial charge in [0.1, 0.15) is 22.4 Å². The molecule has 0 aromatic rings. The quantitative estimate of drug-likeness (QED) is 0.0917. The number of rotatable bonds is 15. The first-order chi connectivity index (χ1) is 43.3. The first kappa shape index (κ1) is 74.4. The maximum Gasteiger partial charge on any atom is 0.347 e. The van der Waals surface area contributed by atoms with Crippen molar-refractivity contribution in [3.05, 3.63) is 72.9 Å². The molecule has 13 aliphatic carbocycles. The van der Waals surface area contributed by atoms with Gasteiger partial charge in [0.05, 0.1) is 24.6 Å². The Bertz CT molecular complexity index is 2690. The molecular weight excluding hydrogens is 1190 g/mol. The Morgan fingerprint density at radius 2 is 0.967 bits per heavy atom. The molecule has 16 nitrogen and oxygen atoms in total. The van der Waals surface area contributed by atoms with Crippen molar-refractivity contribution < 1.29 is 76.6 Å². The van der Waals surface area contributed by atoms with Crippen LogP contribution in [0.5, 0.6) is 0 Å². The smallest absolute Gasteiger partial charge is 0.347 e. The van der Waals surface area contributed by atoms with Crippen molar-refractivity contribution in [1.82, 2.24) is 0 Å². The molecule has 514 valence electrons. The third-order valence-corrected chi connectivity index (χ3v) is 23.2. The average Bonchev–Trinajstić information content (AvgIpc) is 0.829. The Balaban J connectivity index is 0.000000158. The van der Waals surface area contributed by atoms with Gasteiger partial charge in [-0.05, 0) is 241 Å². The number of cyclic esters (lactones) is 1. The summed E-state index contributed by atoms with van der Waals surface area (Å²) >= 11 is 1.72. The Labute approximate surface area is 554 Å². The lowest BCUT2D eigenvalue weighted by atomic mass is 9.47. The molecule has 15 aliphatic rings. The highest BCUT2D eigenvalue weighted by atomic mass is 32.2. The molecular formula is C75H112O16S. The minimum absolute atomic E-state index is 0.163. The van der Waals surface area contributed by atoms with Gasteiger partial charge in [0, 0.05) is 52.0 Å². The predicted octanol–water partition coefficient (Wildman–Crippen LogP) is 14.7. The molecule has 2 heterocycles. The second-order valence-corrected chi connectivity index (χ2v) is 31.4. The van der Waals surface area contributed by atoms with Gasteiger partial charge in [0.2, 0.25) is 12.4 Å². The van der Waals surface area contributed by atoms with Crippen LogP contribution < -0.4 is 0 Å². The number of aliphatic hydroxyl groups is 1. The first-order valence-electron chi connectivity index (χ1n) is 34.6. The van der Waals surface area contributed by atoms with E-state index in [0.717, 1.165) is 86.5 Å². The van der Waals surface area contributed by atoms with E-state index in [9.17, 15) is 38.7 Å². The number of hydrogen-bond donors (Lipinski definition) is 1. The van der Waals surface area contributed by atoms with Crippen LogP contribution in [-0.2, 0) is 71.5 Å². The van der Waals surface area contributed by atoms with Crippen LogP contribution in [-0.4, -0.2) is 112 Å². The fourth-order valence-electron chi connectivity index (χ4n) is 18.6. The first-order valence-corrected chi connectivity index (χ1v) is 35.8. The van der Waals surface area contributed by atoms with Gasteiger partial charge in [-0.15, -0.1) is 0 Å². The monoisotopic (exact) mass is 1300 g/mol. The maximum absolute atomic E-state index is 12.1. The molecule has 0 radical (unpaired) electrons. The van der Waals surface area contributed by atoms with E-state index in [-0.39, 0.29) is 58.5 Å². The van der Waals surface area contributed by atoms with Gasteiger partial charge in [-0.25, -0.2) is 33.6 Å². The van der Waals surface area contributed by atoms with Crippen molar-refractivity contribution in [1.29, 1.82) is 0 Å².